The average molecular weight is 441 g/mol. The summed E-state index contributed by atoms with van der Waals surface area (Å²) in [6.45, 7) is 1.95. The van der Waals surface area contributed by atoms with E-state index in [0.717, 1.165) is 56.5 Å². The number of rotatable bonds is 6. The molecule has 1 saturated heterocycles. The van der Waals surface area contributed by atoms with Gasteiger partial charge in [-0.05, 0) is 55.7 Å². The van der Waals surface area contributed by atoms with Gasteiger partial charge < -0.3 is 10.2 Å². The Bertz CT molecular complexity index is 926. The fraction of sp³-hybridized carbons (Fsp3) is 0.560. The van der Waals surface area contributed by atoms with Crippen LogP contribution in [0.15, 0.2) is 30.5 Å². The molecule has 2 aliphatic rings. The van der Waals surface area contributed by atoms with Crippen LogP contribution >= 0.6 is 0 Å². The lowest BCUT2D eigenvalue weighted by molar-refractivity contribution is -0.138. The fourth-order valence-corrected chi connectivity index (χ4v) is 4.99. The highest BCUT2D eigenvalue weighted by Gasteiger charge is 2.30. The van der Waals surface area contributed by atoms with E-state index in [0.29, 0.717) is 23.9 Å². The third-order valence-electron chi connectivity index (χ3n) is 6.88. The number of amides is 2. The molecule has 0 spiro atoms. The summed E-state index contributed by atoms with van der Waals surface area (Å²) in [5.74, 6) is 0.543. The number of carbonyl (C=O) groups is 2. The molecule has 1 N–H and O–H groups in total. The number of hydrogen-bond donors (Lipinski definition) is 1. The monoisotopic (exact) mass is 440 g/mol. The number of benzene rings is 1. The maximum absolute atomic E-state index is 13.1. The summed E-state index contributed by atoms with van der Waals surface area (Å²) in [5, 5.41) is 7.46. The Morgan fingerprint density at radius 3 is 2.44 bits per heavy atom. The predicted molar refractivity (Wildman–Crippen MR) is 120 cm³/mol. The molecule has 2 amide bonds. The van der Waals surface area contributed by atoms with E-state index in [2.05, 4.69) is 15.3 Å². The van der Waals surface area contributed by atoms with E-state index in [1.807, 2.05) is 7.05 Å². The van der Waals surface area contributed by atoms with Crippen LogP contribution in [0.1, 0.15) is 66.6 Å². The second-order valence-electron chi connectivity index (χ2n) is 9.28. The Hall–Kier alpha value is -2.70. The summed E-state index contributed by atoms with van der Waals surface area (Å²) in [5.41, 5.74) is 2.25. The van der Waals surface area contributed by atoms with Crippen molar-refractivity contribution in [2.24, 2.45) is 18.9 Å². The first kappa shape index (κ1) is 22.5. The zero-order valence-corrected chi connectivity index (χ0v) is 18.9. The minimum absolute atomic E-state index is 0.165. The molecular formula is C25H33FN4O2. The van der Waals surface area contributed by atoms with Crippen LogP contribution in [-0.4, -0.2) is 39.6 Å². The fourth-order valence-electron chi connectivity index (χ4n) is 4.99. The normalized spacial score (nSPS) is 18.0. The van der Waals surface area contributed by atoms with Gasteiger partial charge in [-0.2, -0.15) is 5.10 Å². The van der Waals surface area contributed by atoms with Crippen molar-refractivity contribution in [1.29, 1.82) is 0 Å². The molecule has 1 aromatic carbocycles. The van der Waals surface area contributed by atoms with Crippen molar-refractivity contribution >= 4 is 11.8 Å². The smallest absolute Gasteiger partial charge is 0.255 e. The number of nitrogens with one attached hydrogen (secondary N) is 1. The molecule has 1 aliphatic carbocycles. The minimum Gasteiger partial charge on any atom is -0.348 e. The topological polar surface area (TPSA) is 67.2 Å². The quantitative estimate of drug-likeness (QED) is 0.742. The van der Waals surface area contributed by atoms with Crippen LogP contribution in [0.5, 0.6) is 0 Å². The molecule has 0 bridgehead atoms. The van der Waals surface area contributed by atoms with Gasteiger partial charge in [0.2, 0.25) is 5.91 Å². The van der Waals surface area contributed by atoms with Gasteiger partial charge in [0.1, 0.15) is 5.82 Å². The Labute approximate surface area is 189 Å². The number of nitrogens with zero attached hydrogens (tertiary/aromatic N) is 3. The van der Waals surface area contributed by atoms with Gasteiger partial charge in [-0.25, -0.2) is 4.39 Å². The van der Waals surface area contributed by atoms with Crippen molar-refractivity contribution in [1.82, 2.24) is 20.0 Å². The number of aryl methyl sites for hydroxylation is 1. The maximum Gasteiger partial charge on any atom is 0.255 e. The lowest BCUT2D eigenvalue weighted by Gasteiger charge is -2.35. The van der Waals surface area contributed by atoms with Gasteiger partial charge >= 0.3 is 0 Å². The van der Waals surface area contributed by atoms with E-state index in [-0.39, 0.29) is 17.6 Å². The standard InChI is InChI=1S/C25H33FN4O2/c1-29-17-22(24(31)27-16-19-7-9-21(26)10-8-19)23(28-29)15-18-11-13-30(14-12-18)25(32)20-5-3-2-4-6-20/h7-10,17-18,20H,2-6,11-16H2,1H3,(H,27,31). The first-order valence-electron chi connectivity index (χ1n) is 11.8. The van der Waals surface area contributed by atoms with Gasteiger partial charge in [0.25, 0.3) is 5.91 Å². The molecule has 172 valence electrons. The molecule has 1 aromatic heterocycles. The largest absolute Gasteiger partial charge is 0.348 e. The SMILES string of the molecule is Cn1cc(C(=O)NCc2ccc(F)cc2)c(CC2CCN(C(=O)C3CCCCC3)CC2)n1. The van der Waals surface area contributed by atoms with Crippen molar-refractivity contribution in [3.05, 3.63) is 53.1 Å². The molecule has 2 aromatic rings. The number of carbonyl (C=O) groups excluding carboxylic acids is 2. The van der Waals surface area contributed by atoms with E-state index >= 15 is 0 Å². The van der Waals surface area contributed by atoms with E-state index in [1.165, 1.54) is 31.4 Å². The van der Waals surface area contributed by atoms with Crippen LogP contribution in [0.25, 0.3) is 0 Å². The summed E-state index contributed by atoms with van der Waals surface area (Å²) < 4.78 is 14.8. The van der Waals surface area contributed by atoms with E-state index in [1.54, 1.807) is 23.0 Å². The van der Waals surface area contributed by atoms with Gasteiger partial charge in [-0.15, -0.1) is 0 Å². The van der Waals surface area contributed by atoms with Crippen molar-refractivity contribution in [2.45, 2.75) is 57.9 Å². The second kappa shape index (κ2) is 10.3. The van der Waals surface area contributed by atoms with E-state index in [9.17, 15) is 14.0 Å². The highest BCUT2D eigenvalue weighted by Crippen LogP contribution is 2.28. The Morgan fingerprint density at radius 2 is 1.75 bits per heavy atom. The summed E-state index contributed by atoms with van der Waals surface area (Å²) in [6.07, 6.45) is 10.1. The number of aromatic nitrogens is 2. The molecule has 1 aliphatic heterocycles. The second-order valence-corrected chi connectivity index (χ2v) is 9.28. The van der Waals surface area contributed by atoms with Crippen molar-refractivity contribution in [2.75, 3.05) is 13.1 Å². The van der Waals surface area contributed by atoms with Crippen LogP contribution in [0, 0.1) is 17.7 Å². The molecule has 6 nitrogen and oxygen atoms in total. The van der Waals surface area contributed by atoms with Gasteiger partial charge in [-0.3, -0.25) is 14.3 Å². The number of likely N-dealkylation sites (tertiary alicyclic amines) is 1. The number of piperidine rings is 1. The third kappa shape index (κ3) is 5.56. The Kier molecular flexibility index (Phi) is 7.22. The third-order valence-corrected chi connectivity index (χ3v) is 6.88. The van der Waals surface area contributed by atoms with Crippen molar-refractivity contribution in [3.8, 4) is 0 Å². The zero-order valence-electron chi connectivity index (χ0n) is 18.9. The molecule has 4 rings (SSSR count). The molecule has 0 unspecified atom stereocenters. The summed E-state index contributed by atoms with van der Waals surface area (Å²) in [4.78, 5) is 27.7. The first-order valence-corrected chi connectivity index (χ1v) is 11.8. The maximum atomic E-state index is 13.1. The number of hydrogen-bond acceptors (Lipinski definition) is 3. The summed E-state index contributed by atoms with van der Waals surface area (Å²) in [6, 6.07) is 6.12. The zero-order chi connectivity index (χ0) is 22.5. The molecule has 0 radical (unpaired) electrons. The lowest BCUT2D eigenvalue weighted by atomic mass is 9.86. The van der Waals surface area contributed by atoms with Crippen LogP contribution in [0.3, 0.4) is 0 Å². The van der Waals surface area contributed by atoms with Gasteiger partial charge in [0.05, 0.1) is 11.3 Å². The Balaban J connectivity index is 1.30. The van der Waals surface area contributed by atoms with Crippen LogP contribution in [0.4, 0.5) is 4.39 Å². The molecular weight excluding hydrogens is 407 g/mol. The molecule has 0 atom stereocenters. The van der Waals surface area contributed by atoms with Crippen LogP contribution in [0.2, 0.25) is 0 Å². The van der Waals surface area contributed by atoms with Crippen molar-refractivity contribution < 1.29 is 14.0 Å². The predicted octanol–water partition coefficient (Wildman–Crippen LogP) is 3.85. The van der Waals surface area contributed by atoms with Crippen molar-refractivity contribution in [3.63, 3.8) is 0 Å². The van der Waals surface area contributed by atoms with Crippen LogP contribution in [-0.2, 0) is 24.8 Å². The lowest BCUT2D eigenvalue weighted by Crippen LogP contribution is -2.42. The minimum atomic E-state index is -0.291. The van der Waals surface area contributed by atoms with Gasteiger partial charge in [0, 0.05) is 38.8 Å². The molecule has 1 saturated carbocycles. The highest BCUT2D eigenvalue weighted by atomic mass is 19.1. The van der Waals surface area contributed by atoms with Crippen LogP contribution < -0.4 is 5.32 Å². The van der Waals surface area contributed by atoms with Gasteiger partial charge in [-0.1, -0.05) is 31.4 Å². The van der Waals surface area contributed by atoms with E-state index in [4.69, 9.17) is 0 Å². The molecule has 2 fully saturated rings. The summed E-state index contributed by atoms with van der Waals surface area (Å²) >= 11 is 0. The molecule has 32 heavy (non-hydrogen) atoms. The summed E-state index contributed by atoms with van der Waals surface area (Å²) in [7, 11) is 1.83. The number of halogens is 1. The van der Waals surface area contributed by atoms with Gasteiger partial charge in [0.15, 0.2) is 0 Å². The Morgan fingerprint density at radius 1 is 1.06 bits per heavy atom. The average Bonchev–Trinajstić information content (AvgIpc) is 3.19. The first-order chi connectivity index (χ1) is 15.5. The van der Waals surface area contributed by atoms with E-state index < -0.39 is 0 Å². The highest BCUT2D eigenvalue weighted by molar-refractivity contribution is 5.95. The molecule has 2 heterocycles. The molecule has 7 heteroatoms.